The Morgan fingerprint density at radius 2 is 1.54 bits per heavy atom. The Hall–Kier alpha value is -0.460. The Morgan fingerprint density at radius 1 is 0.914 bits per heavy atom. The smallest absolute Gasteiger partial charge is 0.110 e. The predicted octanol–water partition coefficient (Wildman–Crippen LogP) is 4.44. The van der Waals surface area contributed by atoms with E-state index in [9.17, 15) is 25.5 Å². The van der Waals surface area contributed by atoms with Crippen molar-refractivity contribution in [2.45, 2.75) is 130 Å². The van der Waals surface area contributed by atoms with Gasteiger partial charge in [0.2, 0.25) is 0 Å². The number of hydrogen-bond donors (Lipinski definition) is 5. The summed E-state index contributed by atoms with van der Waals surface area (Å²) in [5.41, 5.74) is 0.300. The Morgan fingerprint density at radius 3 is 2.14 bits per heavy atom. The summed E-state index contributed by atoms with van der Waals surface area (Å²) < 4.78 is 0. The summed E-state index contributed by atoms with van der Waals surface area (Å²) in [6.07, 6.45) is 5.68. The number of allylic oxidation sites excluding steroid dienone is 2. The van der Waals surface area contributed by atoms with Gasteiger partial charge in [0.25, 0.3) is 0 Å². The highest BCUT2D eigenvalue weighted by Gasteiger charge is 2.65. The van der Waals surface area contributed by atoms with Gasteiger partial charge < -0.3 is 25.5 Å². The van der Waals surface area contributed by atoms with Crippen molar-refractivity contribution >= 4 is 0 Å². The van der Waals surface area contributed by atoms with Crippen LogP contribution in [-0.4, -0.2) is 55.5 Å². The second kappa shape index (κ2) is 8.53. The third kappa shape index (κ3) is 3.81. The van der Waals surface area contributed by atoms with E-state index in [0.717, 1.165) is 44.9 Å². The van der Waals surface area contributed by atoms with Gasteiger partial charge in [0.15, 0.2) is 0 Å². The van der Waals surface area contributed by atoms with Gasteiger partial charge in [-0.25, -0.2) is 0 Å². The maximum atomic E-state index is 11.1. The van der Waals surface area contributed by atoms with Crippen molar-refractivity contribution in [2.75, 3.05) is 0 Å². The predicted molar refractivity (Wildman–Crippen MR) is 138 cm³/mol. The molecule has 35 heavy (non-hydrogen) atoms. The van der Waals surface area contributed by atoms with Crippen molar-refractivity contribution in [3.05, 3.63) is 11.6 Å². The average Bonchev–Trinajstić information content (AvgIpc) is 3.05. The molecule has 4 aliphatic rings. The van der Waals surface area contributed by atoms with Gasteiger partial charge in [0.1, 0.15) is 12.2 Å². The van der Waals surface area contributed by atoms with Crippen molar-refractivity contribution in [1.29, 1.82) is 0 Å². The van der Waals surface area contributed by atoms with Crippen LogP contribution in [0.2, 0.25) is 0 Å². The molecular weight excluding hydrogens is 440 g/mol. The number of aliphatic hydroxyl groups is 5. The fourth-order valence-corrected chi connectivity index (χ4v) is 9.74. The Balaban J connectivity index is 1.63. The Labute approximate surface area is 213 Å². The largest absolute Gasteiger partial charge is 0.393 e. The second-order valence-electron chi connectivity index (χ2n) is 14.8. The summed E-state index contributed by atoms with van der Waals surface area (Å²) in [6, 6.07) is 0. The second-order valence-corrected chi connectivity index (χ2v) is 14.8. The van der Waals surface area contributed by atoms with Crippen LogP contribution in [-0.2, 0) is 0 Å². The van der Waals surface area contributed by atoms with Gasteiger partial charge in [-0.1, -0.05) is 53.2 Å². The molecule has 0 heterocycles. The zero-order valence-corrected chi connectivity index (χ0v) is 23.4. The van der Waals surface area contributed by atoms with Gasteiger partial charge >= 0.3 is 0 Å². The highest BCUT2D eigenvalue weighted by molar-refractivity contribution is 5.33. The monoisotopic (exact) mass is 492 g/mol. The van der Waals surface area contributed by atoms with E-state index in [1.807, 2.05) is 6.92 Å². The van der Waals surface area contributed by atoms with Crippen molar-refractivity contribution < 1.29 is 25.5 Å². The molecular formula is C30H52O5. The lowest BCUT2D eigenvalue weighted by Gasteiger charge is -2.64. The summed E-state index contributed by atoms with van der Waals surface area (Å²) in [5.74, 6) is 1.05. The SMILES string of the molecule is C[C@@H]([C@H](O)[C@H](O)[C@H](O)C(C)(C)O)[C@@H]1CC[C@]2(C)C3=CC[C@H]4C(C)(C)[C@H](O)CC[C@]4(C)[C@@H]3CC[C@@]12C. The van der Waals surface area contributed by atoms with E-state index >= 15 is 0 Å². The molecule has 0 unspecified atom stereocenters. The first-order valence-electron chi connectivity index (χ1n) is 14.1. The Kier molecular flexibility index (Phi) is 6.72. The highest BCUT2D eigenvalue weighted by atomic mass is 16.4. The molecule has 11 atom stereocenters. The topological polar surface area (TPSA) is 101 Å². The first-order chi connectivity index (χ1) is 15.9. The molecule has 3 fully saturated rings. The summed E-state index contributed by atoms with van der Waals surface area (Å²) in [7, 11) is 0. The molecule has 0 spiro atoms. The molecule has 202 valence electrons. The molecule has 4 rings (SSSR count). The number of hydrogen-bond acceptors (Lipinski definition) is 5. The van der Waals surface area contributed by atoms with Gasteiger partial charge in [-0.05, 0) is 104 Å². The van der Waals surface area contributed by atoms with E-state index in [2.05, 4.69) is 40.7 Å². The van der Waals surface area contributed by atoms with Gasteiger partial charge in [0, 0.05) is 0 Å². The van der Waals surface area contributed by atoms with E-state index in [-0.39, 0.29) is 39.6 Å². The third-order valence-corrected chi connectivity index (χ3v) is 12.4. The van der Waals surface area contributed by atoms with Crippen molar-refractivity contribution in [2.24, 2.45) is 45.3 Å². The zero-order chi connectivity index (χ0) is 26.4. The third-order valence-electron chi connectivity index (χ3n) is 12.4. The molecule has 0 aromatic heterocycles. The molecule has 3 saturated carbocycles. The number of fused-ring (bicyclic) bond motifs is 5. The minimum absolute atomic E-state index is 0.00201. The number of rotatable bonds is 5. The summed E-state index contributed by atoms with van der Waals surface area (Å²) in [6.45, 7) is 16.8. The van der Waals surface area contributed by atoms with Crippen LogP contribution in [0, 0.1) is 45.3 Å². The first-order valence-corrected chi connectivity index (χ1v) is 14.1. The summed E-state index contributed by atoms with van der Waals surface area (Å²) in [4.78, 5) is 0. The molecule has 0 aliphatic heterocycles. The van der Waals surface area contributed by atoms with E-state index < -0.39 is 23.9 Å². The fourth-order valence-electron chi connectivity index (χ4n) is 9.74. The standard InChI is InChI=1S/C30H52O5/c1-17(23(32)24(33)25(34)27(4,5)35)18-11-15-30(8)20-9-10-21-26(2,3)22(31)13-14-28(21,6)19(20)12-16-29(18,30)7/h9,17-19,21-25,31-35H,10-16H2,1-8H3/t17-,18+,19-,21+,22-,23+,24+,25+,28-,29+,30-/m1/s1. The number of aliphatic hydroxyl groups excluding tert-OH is 4. The first kappa shape index (κ1) is 27.6. The normalized spacial score (nSPS) is 46.5. The van der Waals surface area contributed by atoms with Crippen LogP contribution in [0.15, 0.2) is 11.6 Å². The van der Waals surface area contributed by atoms with Gasteiger partial charge in [-0.2, -0.15) is 0 Å². The maximum absolute atomic E-state index is 11.1. The van der Waals surface area contributed by atoms with Gasteiger partial charge in [-0.15, -0.1) is 0 Å². The molecule has 0 bridgehead atoms. The van der Waals surface area contributed by atoms with Crippen LogP contribution >= 0.6 is 0 Å². The van der Waals surface area contributed by atoms with Crippen LogP contribution in [0.4, 0.5) is 0 Å². The molecule has 0 aromatic carbocycles. The average molecular weight is 493 g/mol. The molecule has 5 heteroatoms. The van der Waals surface area contributed by atoms with E-state index in [0.29, 0.717) is 11.8 Å². The van der Waals surface area contributed by atoms with Crippen molar-refractivity contribution in [3.63, 3.8) is 0 Å². The maximum Gasteiger partial charge on any atom is 0.110 e. The van der Waals surface area contributed by atoms with E-state index in [1.165, 1.54) is 13.8 Å². The minimum atomic E-state index is -1.48. The molecule has 5 nitrogen and oxygen atoms in total. The lowest BCUT2D eigenvalue weighted by atomic mass is 9.41. The molecule has 0 radical (unpaired) electrons. The van der Waals surface area contributed by atoms with E-state index in [4.69, 9.17) is 0 Å². The van der Waals surface area contributed by atoms with Crippen molar-refractivity contribution in [3.8, 4) is 0 Å². The van der Waals surface area contributed by atoms with Crippen LogP contribution in [0.25, 0.3) is 0 Å². The Bertz CT molecular complexity index is 844. The minimum Gasteiger partial charge on any atom is -0.393 e. The summed E-state index contributed by atoms with van der Waals surface area (Å²) in [5, 5.41) is 53.3. The molecule has 0 amide bonds. The van der Waals surface area contributed by atoms with Gasteiger partial charge in [-0.3, -0.25) is 0 Å². The summed E-state index contributed by atoms with van der Waals surface area (Å²) >= 11 is 0. The van der Waals surface area contributed by atoms with Crippen molar-refractivity contribution in [1.82, 2.24) is 0 Å². The van der Waals surface area contributed by atoms with E-state index in [1.54, 1.807) is 5.57 Å². The molecule has 5 N–H and O–H groups in total. The molecule has 0 saturated heterocycles. The fraction of sp³-hybridized carbons (Fsp3) is 0.933. The van der Waals surface area contributed by atoms with Crippen LogP contribution in [0.1, 0.15) is 100 Å². The lowest BCUT2D eigenvalue weighted by molar-refractivity contribution is -0.158. The van der Waals surface area contributed by atoms with Crippen LogP contribution in [0.5, 0.6) is 0 Å². The molecule has 0 aromatic rings. The van der Waals surface area contributed by atoms with Crippen LogP contribution in [0.3, 0.4) is 0 Å². The van der Waals surface area contributed by atoms with Gasteiger partial charge in [0.05, 0.1) is 17.8 Å². The lowest BCUT2D eigenvalue weighted by Crippen LogP contribution is -2.58. The zero-order valence-electron chi connectivity index (χ0n) is 23.4. The molecule has 4 aliphatic carbocycles. The highest BCUT2D eigenvalue weighted by Crippen LogP contribution is 2.73. The quantitative estimate of drug-likeness (QED) is 0.365. The van der Waals surface area contributed by atoms with Crippen LogP contribution < -0.4 is 0 Å².